The van der Waals surface area contributed by atoms with Crippen molar-refractivity contribution in [1.29, 1.82) is 0 Å². The van der Waals surface area contributed by atoms with E-state index in [1.165, 1.54) is 11.3 Å². The van der Waals surface area contributed by atoms with Crippen molar-refractivity contribution in [3.05, 3.63) is 64.2 Å². The van der Waals surface area contributed by atoms with Gasteiger partial charge in [-0.05, 0) is 48.4 Å². The third-order valence-electron chi connectivity index (χ3n) is 6.88. The van der Waals surface area contributed by atoms with Crippen LogP contribution in [0, 0.1) is 5.92 Å². The molecule has 0 radical (unpaired) electrons. The monoisotopic (exact) mass is 500 g/mol. The summed E-state index contributed by atoms with van der Waals surface area (Å²) in [5.74, 6) is -0.597. The van der Waals surface area contributed by atoms with Crippen molar-refractivity contribution in [3.8, 4) is 5.75 Å². The summed E-state index contributed by atoms with van der Waals surface area (Å²) in [5, 5.41) is 3.19. The summed E-state index contributed by atoms with van der Waals surface area (Å²) < 4.78 is 46.1. The lowest BCUT2D eigenvalue weighted by Gasteiger charge is -2.26. The van der Waals surface area contributed by atoms with Crippen LogP contribution in [-0.4, -0.2) is 23.7 Å². The Morgan fingerprint density at radius 3 is 2.71 bits per heavy atom. The van der Waals surface area contributed by atoms with Crippen LogP contribution in [0.15, 0.2) is 42.6 Å². The Labute approximate surface area is 206 Å². The van der Waals surface area contributed by atoms with Crippen molar-refractivity contribution in [2.24, 2.45) is 5.92 Å². The Hall–Kier alpha value is -2.87. The van der Waals surface area contributed by atoms with E-state index < -0.39 is 12.1 Å². The van der Waals surface area contributed by atoms with Crippen molar-refractivity contribution in [2.45, 2.75) is 57.7 Å². The van der Waals surface area contributed by atoms with Crippen LogP contribution in [0.25, 0.3) is 15.8 Å². The summed E-state index contributed by atoms with van der Waals surface area (Å²) in [4.78, 5) is 18.8. The van der Waals surface area contributed by atoms with E-state index >= 15 is 0 Å². The number of nitrogens with one attached hydrogen (secondary N) is 1. The third-order valence-corrected chi connectivity index (χ3v) is 8.10. The summed E-state index contributed by atoms with van der Waals surface area (Å²) in [6.45, 7) is 4.60. The minimum Gasteiger partial charge on any atom is -0.493 e. The topological polar surface area (TPSA) is 51.2 Å². The second-order valence-corrected chi connectivity index (χ2v) is 10.5. The molecule has 2 aliphatic rings. The number of pyridine rings is 1. The molecular weight excluding hydrogens is 473 g/mol. The number of benzene rings is 1. The lowest BCUT2D eigenvalue weighted by Crippen LogP contribution is -2.32. The minimum absolute atomic E-state index is 0.0123. The Morgan fingerprint density at radius 2 is 2.00 bits per heavy atom. The minimum atomic E-state index is -4.17. The summed E-state index contributed by atoms with van der Waals surface area (Å²) >= 11 is 1.39. The van der Waals surface area contributed by atoms with Gasteiger partial charge in [0, 0.05) is 23.7 Å². The van der Waals surface area contributed by atoms with Gasteiger partial charge in [-0.25, -0.2) is 0 Å². The standard InChI is InChI=1S/C27H27F3N2O2S/c1-15(2)22-23-24(18(11-13-31-23)16-7-9-17(10-8-16)27(28,29)30)35-25(22)26(33)32-20-12-14-34-21-6-4-3-5-19(20)21/h3-7,11,13,15,17,20H,8-10,12,14H2,1-2H3,(H,32,33)/t17?,20-/m0/s1. The van der Waals surface area contributed by atoms with Gasteiger partial charge < -0.3 is 10.1 Å². The Kier molecular flexibility index (Phi) is 6.34. The zero-order valence-corrected chi connectivity index (χ0v) is 20.4. The first kappa shape index (κ1) is 23.9. The average molecular weight is 501 g/mol. The lowest BCUT2D eigenvalue weighted by molar-refractivity contribution is -0.175. The second kappa shape index (κ2) is 9.30. The van der Waals surface area contributed by atoms with Crippen LogP contribution in [-0.2, 0) is 0 Å². The van der Waals surface area contributed by atoms with E-state index in [1.807, 2.05) is 44.2 Å². The highest BCUT2D eigenvalue weighted by Gasteiger charge is 2.40. The van der Waals surface area contributed by atoms with E-state index in [0.29, 0.717) is 24.3 Å². The van der Waals surface area contributed by atoms with E-state index in [-0.39, 0.29) is 30.7 Å². The molecule has 3 heterocycles. The van der Waals surface area contributed by atoms with Crippen LogP contribution in [0.4, 0.5) is 13.2 Å². The number of hydrogen-bond acceptors (Lipinski definition) is 4. The van der Waals surface area contributed by atoms with Crippen molar-refractivity contribution in [1.82, 2.24) is 10.3 Å². The van der Waals surface area contributed by atoms with Gasteiger partial charge in [0.1, 0.15) is 5.75 Å². The number of nitrogens with zero attached hydrogens (tertiary/aromatic N) is 1. The molecule has 35 heavy (non-hydrogen) atoms. The number of para-hydroxylation sites is 1. The molecule has 2 atom stereocenters. The number of halogens is 3. The molecule has 1 aliphatic carbocycles. The van der Waals surface area contributed by atoms with Gasteiger partial charge in [0.05, 0.1) is 33.7 Å². The molecule has 184 valence electrons. The number of hydrogen-bond donors (Lipinski definition) is 1. The number of fused-ring (bicyclic) bond motifs is 2. The second-order valence-electron chi connectivity index (χ2n) is 9.48. The van der Waals surface area contributed by atoms with Crippen LogP contribution in [0.2, 0.25) is 0 Å². The summed E-state index contributed by atoms with van der Waals surface area (Å²) in [6, 6.07) is 9.43. The number of carbonyl (C=O) groups excluding carboxylic acids is 1. The molecule has 0 spiro atoms. The summed E-state index contributed by atoms with van der Waals surface area (Å²) in [7, 11) is 0. The van der Waals surface area contributed by atoms with E-state index in [4.69, 9.17) is 4.74 Å². The number of allylic oxidation sites excluding steroid dienone is 2. The van der Waals surface area contributed by atoms with Gasteiger partial charge in [-0.15, -0.1) is 11.3 Å². The smallest absolute Gasteiger partial charge is 0.392 e. The van der Waals surface area contributed by atoms with E-state index in [1.54, 1.807) is 12.3 Å². The molecule has 0 bridgehead atoms. The van der Waals surface area contributed by atoms with Crippen molar-refractivity contribution in [2.75, 3.05) is 6.61 Å². The fourth-order valence-corrected chi connectivity index (χ4v) is 6.42. The molecule has 1 aliphatic heterocycles. The van der Waals surface area contributed by atoms with Crippen LogP contribution >= 0.6 is 11.3 Å². The van der Waals surface area contributed by atoms with Gasteiger partial charge in [-0.2, -0.15) is 13.2 Å². The molecule has 0 fully saturated rings. The Morgan fingerprint density at radius 1 is 1.20 bits per heavy atom. The molecule has 3 aromatic rings. The predicted molar refractivity (Wildman–Crippen MR) is 132 cm³/mol. The Bertz CT molecular complexity index is 1300. The lowest BCUT2D eigenvalue weighted by atomic mass is 9.86. The molecule has 8 heteroatoms. The molecule has 5 rings (SSSR count). The molecule has 1 N–H and O–H groups in total. The van der Waals surface area contributed by atoms with Gasteiger partial charge in [0.15, 0.2) is 0 Å². The van der Waals surface area contributed by atoms with Crippen LogP contribution in [0.1, 0.15) is 77.9 Å². The molecule has 4 nitrogen and oxygen atoms in total. The number of amides is 1. The van der Waals surface area contributed by atoms with Crippen molar-refractivity contribution < 1.29 is 22.7 Å². The fraction of sp³-hybridized carbons (Fsp3) is 0.407. The molecule has 1 amide bonds. The van der Waals surface area contributed by atoms with Crippen LogP contribution in [0.5, 0.6) is 5.75 Å². The number of thiophene rings is 1. The quantitative estimate of drug-likeness (QED) is 0.406. The molecule has 1 aromatic carbocycles. The molecule has 0 saturated heterocycles. The molecule has 2 aromatic heterocycles. The SMILES string of the molecule is CC(C)c1c(C(=O)N[C@H]2CCOc3ccccc32)sc2c(C3=CCC(C(F)(F)F)CC3)ccnc12. The maximum absolute atomic E-state index is 13.5. The summed E-state index contributed by atoms with van der Waals surface area (Å²) in [6.07, 6.45) is 0.351. The first-order chi connectivity index (χ1) is 16.7. The van der Waals surface area contributed by atoms with Gasteiger partial charge >= 0.3 is 6.18 Å². The predicted octanol–water partition coefficient (Wildman–Crippen LogP) is 7.42. The van der Waals surface area contributed by atoms with Crippen LogP contribution in [0.3, 0.4) is 0 Å². The van der Waals surface area contributed by atoms with E-state index in [9.17, 15) is 18.0 Å². The fourth-order valence-electron chi connectivity index (χ4n) is 5.06. The largest absolute Gasteiger partial charge is 0.493 e. The number of aromatic nitrogens is 1. The molecular formula is C27H27F3N2O2S. The highest BCUT2D eigenvalue weighted by molar-refractivity contribution is 7.21. The molecule has 1 unspecified atom stereocenters. The van der Waals surface area contributed by atoms with Gasteiger partial charge in [-0.1, -0.05) is 38.1 Å². The van der Waals surface area contributed by atoms with E-state index in [0.717, 1.165) is 38.2 Å². The maximum Gasteiger partial charge on any atom is 0.392 e. The first-order valence-corrected chi connectivity index (χ1v) is 12.8. The Balaban J connectivity index is 1.50. The third kappa shape index (κ3) is 4.56. The summed E-state index contributed by atoms with van der Waals surface area (Å²) in [5.41, 5.74) is 4.40. The number of carbonyl (C=O) groups is 1. The number of rotatable bonds is 4. The highest BCUT2D eigenvalue weighted by atomic mass is 32.1. The molecule has 0 saturated carbocycles. The number of ether oxygens (including phenoxy) is 1. The first-order valence-electron chi connectivity index (χ1n) is 11.9. The van der Waals surface area contributed by atoms with Gasteiger partial charge in [-0.3, -0.25) is 9.78 Å². The zero-order valence-electron chi connectivity index (χ0n) is 19.6. The highest BCUT2D eigenvalue weighted by Crippen LogP contribution is 2.44. The van der Waals surface area contributed by atoms with E-state index in [2.05, 4.69) is 10.3 Å². The van der Waals surface area contributed by atoms with Crippen molar-refractivity contribution >= 4 is 33.0 Å². The van der Waals surface area contributed by atoms with Crippen LogP contribution < -0.4 is 10.1 Å². The number of alkyl halides is 3. The zero-order chi connectivity index (χ0) is 24.7. The van der Waals surface area contributed by atoms with Crippen molar-refractivity contribution in [3.63, 3.8) is 0 Å². The van der Waals surface area contributed by atoms with Gasteiger partial charge in [0.2, 0.25) is 0 Å². The normalized spacial score (nSPS) is 20.3. The average Bonchev–Trinajstić information content (AvgIpc) is 3.24. The maximum atomic E-state index is 13.5. The van der Waals surface area contributed by atoms with Gasteiger partial charge in [0.25, 0.3) is 5.91 Å².